The Morgan fingerprint density at radius 2 is 1.69 bits per heavy atom. The minimum absolute atomic E-state index is 0.0526. The van der Waals surface area contributed by atoms with Gasteiger partial charge in [0.05, 0.1) is 4.92 Å². The summed E-state index contributed by atoms with van der Waals surface area (Å²) in [5.41, 5.74) is 3.06. The van der Waals surface area contributed by atoms with Crippen LogP contribution in [0.25, 0.3) is 0 Å². The van der Waals surface area contributed by atoms with Gasteiger partial charge in [-0.25, -0.2) is 4.79 Å². The second-order valence-corrected chi connectivity index (χ2v) is 7.52. The van der Waals surface area contributed by atoms with Crippen molar-refractivity contribution in [2.45, 2.75) is 20.0 Å². The number of esters is 1. The molecule has 1 unspecified atom stereocenters. The molecular weight excluding hydrogens is 392 g/mol. The molecule has 148 valence electrons. The van der Waals surface area contributed by atoms with Crippen molar-refractivity contribution in [1.29, 1.82) is 0 Å². The number of nitro groups is 1. The molecule has 1 atom stereocenters. The third-order valence-electron chi connectivity index (χ3n) is 4.03. The standard InChI is InChI=1S/C21H18N2O5S/c1-13-10-14(2)12-16(11-13)22-20(24)19(15-6-4-3-5-7-15)28-21(25)17-8-9-18(29-17)23(26)27/h3-12,19H,1-2H3,(H,22,24). The van der Waals surface area contributed by atoms with Gasteiger partial charge in [-0.2, -0.15) is 0 Å². The fraction of sp³-hybridized carbons (Fsp3) is 0.143. The fourth-order valence-electron chi connectivity index (χ4n) is 2.86. The molecule has 0 aliphatic carbocycles. The van der Waals surface area contributed by atoms with E-state index in [4.69, 9.17) is 4.74 Å². The molecule has 8 heteroatoms. The van der Waals surface area contributed by atoms with Crippen molar-refractivity contribution in [3.63, 3.8) is 0 Å². The number of ether oxygens (including phenoxy) is 1. The van der Waals surface area contributed by atoms with Crippen molar-refractivity contribution in [3.05, 3.63) is 92.3 Å². The van der Waals surface area contributed by atoms with E-state index >= 15 is 0 Å². The van der Waals surface area contributed by atoms with E-state index in [2.05, 4.69) is 5.32 Å². The van der Waals surface area contributed by atoms with Crippen LogP contribution in [-0.2, 0) is 9.53 Å². The molecule has 1 N–H and O–H groups in total. The van der Waals surface area contributed by atoms with E-state index in [1.165, 1.54) is 12.1 Å². The van der Waals surface area contributed by atoms with Crippen LogP contribution in [0.4, 0.5) is 10.7 Å². The maximum absolute atomic E-state index is 12.9. The number of carbonyl (C=O) groups is 2. The first-order chi connectivity index (χ1) is 13.8. The highest BCUT2D eigenvalue weighted by atomic mass is 32.1. The summed E-state index contributed by atoms with van der Waals surface area (Å²) in [6.07, 6.45) is -1.20. The van der Waals surface area contributed by atoms with Crippen molar-refractivity contribution >= 4 is 33.9 Å². The van der Waals surface area contributed by atoms with Crippen LogP contribution >= 0.6 is 11.3 Å². The maximum Gasteiger partial charge on any atom is 0.349 e. The van der Waals surface area contributed by atoms with Crippen molar-refractivity contribution in [1.82, 2.24) is 0 Å². The normalized spacial score (nSPS) is 11.5. The first kappa shape index (κ1) is 20.2. The van der Waals surface area contributed by atoms with Crippen LogP contribution in [0.3, 0.4) is 0 Å². The Morgan fingerprint density at radius 3 is 2.28 bits per heavy atom. The van der Waals surface area contributed by atoms with Crippen molar-refractivity contribution in [2.75, 3.05) is 5.32 Å². The number of benzene rings is 2. The van der Waals surface area contributed by atoms with Gasteiger partial charge in [-0.15, -0.1) is 0 Å². The lowest BCUT2D eigenvalue weighted by molar-refractivity contribution is -0.380. The zero-order valence-electron chi connectivity index (χ0n) is 15.7. The molecule has 1 aromatic heterocycles. The third-order valence-corrected chi connectivity index (χ3v) is 5.04. The van der Waals surface area contributed by atoms with Crippen LogP contribution < -0.4 is 5.32 Å². The second kappa shape index (κ2) is 8.66. The minimum Gasteiger partial charge on any atom is -0.443 e. The molecule has 3 aromatic rings. The number of carbonyl (C=O) groups excluding carboxylic acids is 2. The first-order valence-corrected chi connectivity index (χ1v) is 9.54. The Bertz CT molecular complexity index is 1040. The van der Waals surface area contributed by atoms with Gasteiger partial charge < -0.3 is 10.1 Å². The number of aryl methyl sites for hydroxylation is 2. The summed E-state index contributed by atoms with van der Waals surface area (Å²) in [6, 6.07) is 16.8. The van der Waals surface area contributed by atoms with Crippen LogP contribution in [-0.4, -0.2) is 16.8 Å². The van der Waals surface area contributed by atoms with Gasteiger partial charge in [0, 0.05) is 17.3 Å². The van der Waals surface area contributed by atoms with Gasteiger partial charge in [0.1, 0.15) is 4.88 Å². The Kier molecular flexibility index (Phi) is 6.04. The molecule has 0 saturated heterocycles. The van der Waals surface area contributed by atoms with E-state index in [0.29, 0.717) is 22.6 Å². The lowest BCUT2D eigenvalue weighted by Gasteiger charge is -2.18. The molecule has 1 amide bonds. The molecule has 0 aliphatic rings. The van der Waals surface area contributed by atoms with Crippen LogP contribution in [0, 0.1) is 24.0 Å². The predicted molar refractivity (Wildman–Crippen MR) is 110 cm³/mol. The van der Waals surface area contributed by atoms with Gasteiger partial charge in [0.15, 0.2) is 0 Å². The molecule has 7 nitrogen and oxygen atoms in total. The number of thiophene rings is 1. The fourth-order valence-corrected chi connectivity index (χ4v) is 3.56. The number of amides is 1. The second-order valence-electron chi connectivity index (χ2n) is 6.46. The van der Waals surface area contributed by atoms with Gasteiger partial charge in [-0.3, -0.25) is 14.9 Å². The third kappa shape index (κ3) is 5.05. The number of nitrogens with zero attached hydrogens (tertiary/aromatic N) is 1. The molecule has 0 saturated carbocycles. The number of rotatable bonds is 6. The number of hydrogen-bond acceptors (Lipinski definition) is 6. The van der Waals surface area contributed by atoms with E-state index in [9.17, 15) is 19.7 Å². The van der Waals surface area contributed by atoms with Gasteiger partial charge in [-0.05, 0) is 43.2 Å². The summed E-state index contributed by atoms with van der Waals surface area (Å²) in [5.74, 6) is -1.31. The molecule has 29 heavy (non-hydrogen) atoms. The molecule has 0 bridgehead atoms. The van der Waals surface area contributed by atoms with E-state index in [1.54, 1.807) is 30.3 Å². The Hall–Kier alpha value is -3.52. The zero-order chi connectivity index (χ0) is 21.0. The largest absolute Gasteiger partial charge is 0.443 e. The molecule has 1 heterocycles. The summed E-state index contributed by atoms with van der Waals surface area (Å²) < 4.78 is 5.45. The monoisotopic (exact) mass is 410 g/mol. The Morgan fingerprint density at radius 1 is 1.03 bits per heavy atom. The highest BCUT2D eigenvalue weighted by molar-refractivity contribution is 7.17. The smallest absolute Gasteiger partial charge is 0.349 e. The highest BCUT2D eigenvalue weighted by Crippen LogP contribution is 2.28. The SMILES string of the molecule is Cc1cc(C)cc(NC(=O)C(OC(=O)c2ccc([N+](=O)[O-])s2)c2ccccc2)c1. The van der Waals surface area contributed by atoms with Gasteiger partial charge in [0.25, 0.3) is 5.91 Å². The quantitative estimate of drug-likeness (QED) is 0.357. The molecule has 0 fully saturated rings. The van der Waals surface area contributed by atoms with Gasteiger partial charge >= 0.3 is 11.0 Å². The minimum atomic E-state index is -1.20. The zero-order valence-corrected chi connectivity index (χ0v) is 16.6. The molecular formula is C21H18N2O5S. The van der Waals surface area contributed by atoms with Crippen molar-refractivity contribution < 1.29 is 19.2 Å². The molecule has 2 aromatic carbocycles. The summed E-state index contributed by atoms with van der Waals surface area (Å²) in [7, 11) is 0. The maximum atomic E-state index is 12.9. The van der Waals surface area contributed by atoms with E-state index in [0.717, 1.165) is 11.1 Å². The summed E-state index contributed by atoms with van der Waals surface area (Å²) in [5, 5.41) is 13.5. The number of nitrogens with one attached hydrogen (secondary N) is 1. The summed E-state index contributed by atoms with van der Waals surface area (Å²) >= 11 is 0.701. The Balaban J connectivity index is 1.85. The van der Waals surface area contributed by atoms with Crippen LogP contribution in [0.2, 0.25) is 0 Å². The van der Waals surface area contributed by atoms with Crippen molar-refractivity contribution in [3.8, 4) is 0 Å². The van der Waals surface area contributed by atoms with Gasteiger partial charge in [0.2, 0.25) is 6.10 Å². The predicted octanol–water partition coefficient (Wildman–Crippen LogP) is 4.81. The average molecular weight is 410 g/mol. The molecule has 0 spiro atoms. The highest BCUT2D eigenvalue weighted by Gasteiger charge is 2.27. The van der Waals surface area contributed by atoms with Crippen LogP contribution in [0.5, 0.6) is 0 Å². The summed E-state index contributed by atoms with van der Waals surface area (Å²) in [6.45, 7) is 3.84. The van der Waals surface area contributed by atoms with E-state index in [-0.39, 0.29) is 9.88 Å². The summed E-state index contributed by atoms with van der Waals surface area (Å²) in [4.78, 5) is 35.8. The van der Waals surface area contributed by atoms with E-state index < -0.39 is 22.9 Å². The molecule has 0 aliphatic heterocycles. The van der Waals surface area contributed by atoms with Crippen LogP contribution in [0.15, 0.2) is 60.7 Å². The Labute approximate surface area is 171 Å². The number of hydrogen-bond donors (Lipinski definition) is 1. The molecule has 3 rings (SSSR count). The lowest BCUT2D eigenvalue weighted by atomic mass is 10.1. The number of anilines is 1. The topological polar surface area (TPSA) is 98.5 Å². The van der Waals surface area contributed by atoms with Gasteiger partial charge in [-0.1, -0.05) is 47.7 Å². The molecule has 0 radical (unpaired) electrons. The first-order valence-electron chi connectivity index (χ1n) is 8.73. The average Bonchev–Trinajstić information content (AvgIpc) is 3.16. The van der Waals surface area contributed by atoms with Crippen LogP contribution in [0.1, 0.15) is 32.5 Å². The van der Waals surface area contributed by atoms with E-state index in [1.807, 2.05) is 32.0 Å². The van der Waals surface area contributed by atoms with Crippen molar-refractivity contribution in [2.24, 2.45) is 0 Å². The lowest BCUT2D eigenvalue weighted by Crippen LogP contribution is -2.25.